The molecule has 4 heteroatoms. The molecule has 18 heavy (non-hydrogen) atoms. The molecule has 1 nitrogen and oxygen atoms in total. The van der Waals surface area contributed by atoms with Crippen molar-refractivity contribution in [1.29, 1.82) is 0 Å². The van der Waals surface area contributed by atoms with Crippen LogP contribution in [-0.2, 0) is 0 Å². The van der Waals surface area contributed by atoms with Crippen LogP contribution in [0.4, 0.5) is 14.5 Å². The smallest absolute Gasteiger partial charge is 0.125 e. The van der Waals surface area contributed by atoms with Gasteiger partial charge in [0.1, 0.15) is 11.6 Å². The van der Waals surface area contributed by atoms with Gasteiger partial charge in [0.05, 0.1) is 10.7 Å². The van der Waals surface area contributed by atoms with E-state index in [1.54, 1.807) is 12.1 Å². The highest BCUT2D eigenvalue weighted by molar-refractivity contribution is 6.33. The predicted octanol–water partition coefficient (Wildman–Crippen LogP) is 4.79. The van der Waals surface area contributed by atoms with Crippen LogP contribution in [0.2, 0.25) is 5.02 Å². The number of halogens is 3. The summed E-state index contributed by atoms with van der Waals surface area (Å²) >= 11 is 5.96. The van der Waals surface area contributed by atoms with Crippen molar-refractivity contribution in [1.82, 2.24) is 0 Å². The Labute approximate surface area is 109 Å². The van der Waals surface area contributed by atoms with Crippen LogP contribution in [0.15, 0.2) is 42.5 Å². The van der Waals surface area contributed by atoms with Crippen LogP contribution in [0.3, 0.4) is 0 Å². The largest absolute Gasteiger partial charge is 0.377 e. The lowest BCUT2D eigenvalue weighted by Crippen LogP contribution is -2.07. The molecule has 0 spiro atoms. The molecule has 0 heterocycles. The summed E-state index contributed by atoms with van der Waals surface area (Å²) in [7, 11) is 0. The summed E-state index contributed by atoms with van der Waals surface area (Å²) in [5.74, 6) is -0.667. The molecular weight excluding hydrogens is 256 g/mol. The molecule has 2 aromatic rings. The van der Waals surface area contributed by atoms with E-state index >= 15 is 0 Å². The first kappa shape index (κ1) is 12.8. The molecule has 1 N–H and O–H groups in total. The maximum Gasteiger partial charge on any atom is 0.125 e. The summed E-state index contributed by atoms with van der Waals surface area (Å²) in [4.78, 5) is 0. The van der Waals surface area contributed by atoms with Crippen LogP contribution in [0.5, 0.6) is 0 Å². The van der Waals surface area contributed by atoms with Crippen molar-refractivity contribution in [2.24, 2.45) is 0 Å². The second-order valence-corrected chi connectivity index (χ2v) is 4.45. The van der Waals surface area contributed by atoms with Crippen LogP contribution in [0.25, 0.3) is 0 Å². The SMILES string of the molecule is CC(Nc1cc(F)ccc1Cl)c1cccc(F)c1. The van der Waals surface area contributed by atoms with Gasteiger partial charge in [-0.15, -0.1) is 0 Å². The molecule has 94 valence electrons. The Morgan fingerprint density at radius 3 is 2.50 bits per heavy atom. The van der Waals surface area contributed by atoms with Crippen LogP contribution in [-0.4, -0.2) is 0 Å². The third kappa shape index (κ3) is 2.99. The van der Waals surface area contributed by atoms with Gasteiger partial charge < -0.3 is 5.32 Å². The average Bonchev–Trinajstić information content (AvgIpc) is 2.34. The summed E-state index contributed by atoms with van der Waals surface area (Å²) in [6.45, 7) is 1.86. The van der Waals surface area contributed by atoms with E-state index in [-0.39, 0.29) is 17.7 Å². The Balaban J connectivity index is 2.21. The van der Waals surface area contributed by atoms with E-state index in [0.717, 1.165) is 5.56 Å². The number of benzene rings is 2. The lowest BCUT2D eigenvalue weighted by molar-refractivity contribution is 0.623. The van der Waals surface area contributed by atoms with Crippen molar-refractivity contribution in [2.45, 2.75) is 13.0 Å². The van der Waals surface area contributed by atoms with Crippen molar-refractivity contribution in [2.75, 3.05) is 5.32 Å². The Morgan fingerprint density at radius 1 is 1.06 bits per heavy atom. The van der Waals surface area contributed by atoms with E-state index in [1.807, 2.05) is 6.92 Å². The normalized spacial score (nSPS) is 12.2. The Morgan fingerprint density at radius 2 is 1.78 bits per heavy atom. The number of nitrogens with one attached hydrogen (secondary N) is 1. The van der Waals surface area contributed by atoms with Gasteiger partial charge in [-0.3, -0.25) is 0 Å². The summed E-state index contributed by atoms with van der Waals surface area (Å²) in [5.41, 5.74) is 1.27. The first-order chi connectivity index (χ1) is 8.56. The molecule has 0 saturated heterocycles. The highest BCUT2D eigenvalue weighted by atomic mass is 35.5. The van der Waals surface area contributed by atoms with Gasteiger partial charge in [0.25, 0.3) is 0 Å². The topological polar surface area (TPSA) is 12.0 Å². The third-order valence-corrected chi connectivity index (χ3v) is 2.98. The number of anilines is 1. The van der Waals surface area contributed by atoms with Crippen LogP contribution in [0.1, 0.15) is 18.5 Å². The van der Waals surface area contributed by atoms with Crippen LogP contribution < -0.4 is 5.32 Å². The minimum absolute atomic E-state index is 0.167. The zero-order valence-electron chi connectivity index (χ0n) is 9.75. The van der Waals surface area contributed by atoms with Crippen LogP contribution in [0, 0.1) is 11.6 Å². The molecule has 0 radical (unpaired) electrons. The maximum absolute atomic E-state index is 13.1. The summed E-state index contributed by atoms with van der Waals surface area (Å²) in [6, 6.07) is 10.2. The van der Waals surface area contributed by atoms with E-state index in [4.69, 9.17) is 11.6 Å². The number of hydrogen-bond donors (Lipinski definition) is 1. The van der Waals surface area contributed by atoms with Gasteiger partial charge in [-0.2, -0.15) is 0 Å². The second kappa shape index (κ2) is 5.36. The van der Waals surface area contributed by atoms with E-state index in [1.165, 1.54) is 30.3 Å². The van der Waals surface area contributed by atoms with Gasteiger partial charge in [0.15, 0.2) is 0 Å². The quantitative estimate of drug-likeness (QED) is 0.843. The monoisotopic (exact) mass is 267 g/mol. The fourth-order valence-electron chi connectivity index (χ4n) is 1.70. The number of hydrogen-bond acceptors (Lipinski definition) is 1. The highest BCUT2D eigenvalue weighted by Crippen LogP contribution is 2.27. The zero-order valence-corrected chi connectivity index (χ0v) is 10.5. The zero-order chi connectivity index (χ0) is 13.1. The van der Waals surface area contributed by atoms with E-state index in [9.17, 15) is 8.78 Å². The standard InChI is InChI=1S/C14H12ClF2N/c1-9(10-3-2-4-11(16)7-10)18-14-8-12(17)5-6-13(14)15/h2-9,18H,1H3. The summed E-state index contributed by atoms with van der Waals surface area (Å²) in [6.07, 6.45) is 0. The van der Waals surface area contributed by atoms with E-state index in [0.29, 0.717) is 10.7 Å². The molecule has 0 aromatic heterocycles. The molecule has 0 fully saturated rings. The van der Waals surface area contributed by atoms with Gasteiger partial charge in [0.2, 0.25) is 0 Å². The first-order valence-electron chi connectivity index (χ1n) is 5.53. The highest BCUT2D eigenvalue weighted by Gasteiger charge is 2.09. The second-order valence-electron chi connectivity index (χ2n) is 4.05. The molecule has 1 unspecified atom stereocenters. The Kier molecular flexibility index (Phi) is 3.82. The molecule has 0 bridgehead atoms. The average molecular weight is 268 g/mol. The molecule has 0 aliphatic carbocycles. The Hall–Kier alpha value is -1.61. The van der Waals surface area contributed by atoms with Crippen molar-refractivity contribution in [3.8, 4) is 0 Å². The summed E-state index contributed by atoms with van der Waals surface area (Å²) in [5, 5.41) is 3.49. The summed E-state index contributed by atoms with van der Waals surface area (Å²) < 4.78 is 26.2. The molecule has 2 rings (SSSR count). The van der Waals surface area contributed by atoms with Crippen molar-refractivity contribution in [3.63, 3.8) is 0 Å². The molecular formula is C14H12ClF2N. The van der Waals surface area contributed by atoms with Crippen molar-refractivity contribution in [3.05, 3.63) is 64.7 Å². The molecule has 0 aliphatic rings. The first-order valence-corrected chi connectivity index (χ1v) is 5.91. The van der Waals surface area contributed by atoms with Crippen molar-refractivity contribution >= 4 is 17.3 Å². The molecule has 0 amide bonds. The fraction of sp³-hybridized carbons (Fsp3) is 0.143. The number of rotatable bonds is 3. The van der Waals surface area contributed by atoms with Crippen molar-refractivity contribution < 1.29 is 8.78 Å². The third-order valence-electron chi connectivity index (χ3n) is 2.65. The van der Waals surface area contributed by atoms with Gasteiger partial charge in [-0.05, 0) is 42.8 Å². The van der Waals surface area contributed by atoms with E-state index < -0.39 is 0 Å². The maximum atomic E-state index is 13.1. The fourth-order valence-corrected chi connectivity index (χ4v) is 1.87. The van der Waals surface area contributed by atoms with Gasteiger partial charge >= 0.3 is 0 Å². The molecule has 1 atom stereocenters. The minimum atomic E-state index is -0.367. The molecule has 2 aromatic carbocycles. The van der Waals surface area contributed by atoms with Gasteiger partial charge in [0, 0.05) is 6.04 Å². The molecule has 0 saturated carbocycles. The Bertz CT molecular complexity index is 557. The lowest BCUT2D eigenvalue weighted by Gasteiger charge is -2.16. The lowest BCUT2D eigenvalue weighted by atomic mass is 10.1. The van der Waals surface area contributed by atoms with Gasteiger partial charge in [-0.25, -0.2) is 8.78 Å². The van der Waals surface area contributed by atoms with E-state index in [2.05, 4.69) is 5.32 Å². The minimum Gasteiger partial charge on any atom is -0.377 e. The van der Waals surface area contributed by atoms with Crippen LogP contribution >= 0.6 is 11.6 Å². The molecule has 0 aliphatic heterocycles. The van der Waals surface area contributed by atoms with Gasteiger partial charge in [-0.1, -0.05) is 23.7 Å². The predicted molar refractivity (Wildman–Crippen MR) is 69.8 cm³/mol.